The molecule has 1 unspecified atom stereocenters. The number of benzene rings is 1. The van der Waals surface area contributed by atoms with Gasteiger partial charge in [-0.25, -0.2) is 4.99 Å². The van der Waals surface area contributed by atoms with Crippen LogP contribution in [0.15, 0.2) is 53.7 Å². The Bertz CT molecular complexity index is 559. The van der Waals surface area contributed by atoms with Gasteiger partial charge in [0.05, 0.1) is 12.6 Å². The maximum absolute atomic E-state index is 4.69. The van der Waals surface area contributed by atoms with Gasteiger partial charge >= 0.3 is 0 Å². The van der Waals surface area contributed by atoms with Gasteiger partial charge in [-0.2, -0.15) is 0 Å². The first-order valence-corrected chi connectivity index (χ1v) is 7.10. The fourth-order valence-electron chi connectivity index (χ4n) is 2.52. The number of hydrogen-bond donors (Lipinski definition) is 2. The summed E-state index contributed by atoms with van der Waals surface area (Å²) in [5.41, 5.74) is 2.45. The van der Waals surface area contributed by atoms with Crippen molar-refractivity contribution in [3.05, 3.63) is 59.9 Å². The first-order valence-electron chi connectivity index (χ1n) is 7.10. The maximum atomic E-state index is 4.69. The summed E-state index contributed by atoms with van der Waals surface area (Å²) in [5.74, 6) is 0.996. The van der Waals surface area contributed by atoms with Crippen LogP contribution in [0.25, 0.3) is 0 Å². The number of guanidine groups is 1. The highest BCUT2D eigenvalue weighted by molar-refractivity contribution is 5.82. The molecule has 2 aromatic rings. The lowest BCUT2D eigenvalue weighted by atomic mass is 10.1. The van der Waals surface area contributed by atoms with Gasteiger partial charge in [-0.1, -0.05) is 30.3 Å². The lowest BCUT2D eigenvalue weighted by Crippen LogP contribution is -2.30. The normalized spacial score (nSPS) is 20.4. The van der Waals surface area contributed by atoms with E-state index in [1.165, 1.54) is 5.56 Å². The third-order valence-electron chi connectivity index (χ3n) is 3.65. The third kappa shape index (κ3) is 2.69. The summed E-state index contributed by atoms with van der Waals surface area (Å²) in [4.78, 5) is 10.2. The number of H-pyrrole nitrogens is 1. The van der Waals surface area contributed by atoms with Crippen LogP contribution < -0.4 is 5.32 Å². The number of aromatic nitrogens is 1. The van der Waals surface area contributed by atoms with Gasteiger partial charge < -0.3 is 15.2 Å². The van der Waals surface area contributed by atoms with Crippen molar-refractivity contribution in [1.82, 2.24) is 15.2 Å². The van der Waals surface area contributed by atoms with E-state index in [1.807, 2.05) is 12.3 Å². The van der Waals surface area contributed by atoms with E-state index in [2.05, 4.69) is 58.5 Å². The molecule has 0 saturated carbocycles. The Balaban J connectivity index is 1.73. The molecule has 1 aromatic carbocycles. The van der Waals surface area contributed by atoms with Crippen molar-refractivity contribution in [1.29, 1.82) is 0 Å². The molecular weight excluding hydrogens is 248 g/mol. The number of hydrogen-bond acceptors (Lipinski definition) is 1. The number of likely N-dealkylation sites (N-methyl/N-ethyl adjacent to an activating group) is 1. The molecule has 1 fully saturated rings. The first-order chi connectivity index (χ1) is 9.86. The van der Waals surface area contributed by atoms with Crippen LogP contribution in [0, 0.1) is 0 Å². The Kier molecular flexibility index (Phi) is 3.72. The Morgan fingerprint density at radius 1 is 1.20 bits per heavy atom. The first kappa shape index (κ1) is 12.8. The highest BCUT2D eigenvalue weighted by atomic mass is 15.4. The predicted molar refractivity (Wildman–Crippen MR) is 81.5 cm³/mol. The topological polar surface area (TPSA) is 43.4 Å². The lowest BCUT2D eigenvalue weighted by Gasteiger charge is -2.14. The van der Waals surface area contributed by atoms with Crippen molar-refractivity contribution in [2.75, 3.05) is 13.1 Å². The number of aromatic amines is 1. The summed E-state index contributed by atoms with van der Waals surface area (Å²) in [5, 5.41) is 3.53. The summed E-state index contributed by atoms with van der Waals surface area (Å²) in [6.45, 7) is 4.80. The van der Waals surface area contributed by atoms with Crippen LogP contribution in [0.5, 0.6) is 0 Å². The van der Waals surface area contributed by atoms with E-state index in [4.69, 9.17) is 4.99 Å². The lowest BCUT2D eigenvalue weighted by molar-refractivity contribution is 0.455. The molecule has 1 aliphatic rings. The van der Waals surface area contributed by atoms with Gasteiger partial charge in [-0.15, -0.1) is 0 Å². The molecule has 2 N–H and O–H groups in total. The largest absolute Gasteiger partial charge is 0.363 e. The minimum absolute atomic E-state index is 0.332. The summed E-state index contributed by atoms with van der Waals surface area (Å²) in [6, 6.07) is 14.9. The van der Waals surface area contributed by atoms with Gasteiger partial charge in [0.15, 0.2) is 5.96 Å². The standard InChI is InChI=1S/C16H20N4/c1-2-20-12-15(13-7-4-3-5-8-13)19-16(20)18-11-14-9-6-10-17-14/h3-10,15,17H,2,11-12H2,1H3,(H,18,19). The zero-order chi connectivity index (χ0) is 13.8. The zero-order valence-corrected chi connectivity index (χ0v) is 11.7. The Morgan fingerprint density at radius 2 is 2.05 bits per heavy atom. The summed E-state index contributed by atoms with van der Waals surface area (Å²) in [7, 11) is 0. The fraction of sp³-hybridized carbons (Fsp3) is 0.312. The summed E-state index contributed by atoms with van der Waals surface area (Å²) < 4.78 is 0. The number of nitrogens with one attached hydrogen (secondary N) is 2. The molecule has 0 spiro atoms. The van der Waals surface area contributed by atoms with Gasteiger partial charge in [0, 0.05) is 25.0 Å². The number of rotatable bonds is 4. The van der Waals surface area contributed by atoms with E-state index < -0.39 is 0 Å². The van der Waals surface area contributed by atoms with E-state index in [9.17, 15) is 0 Å². The van der Waals surface area contributed by atoms with Crippen LogP contribution in [0.3, 0.4) is 0 Å². The van der Waals surface area contributed by atoms with Crippen LogP contribution in [0.2, 0.25) is 0 Å². The van der Waals surface area contributed by atoms with Crippen molar-refractivity contribution in [2.24, 2.45) is 4.99 Å². The smallest absolute Gasteiger partial charge is 0.194 e. The molecule has 1 aromatic heterocycles. The SMILES string of the molecule is CCN1CC(c2ccccc2)NC1=NCc1ccc[nH]1. The summed E-state index contributed by atoms with van der Waals surface area (Å²) in [6.07, 6.45) is 1.93. The molecule has 0 radical (unpaired) electrons. The average Bonchev–Trinajstić information content (AvgIpc) is 3.15. The van der Waals surface area contributed by atoms with Crippen LogP contribution >= 0.6 is 0 Å². The molecule has 3 rings (SSSR count). The molecular formula is C16H20N4. The van der Waals surface area contributed by atoms with E-state index in [0.717, 1.165) is 24.7 Å². The molecule has 0 amide bonds. The minimum Gasteiger partial charge on any atom is -0.363 e. The van der Waals surface area contributed by atoms with Crippen LogP contribution in [0.1, 0.15) is 24.2 Å². The highest BCUT2D eigenvalue weighted by Crippen LogP contribution is 2.20. The summed E-state index contributed by atoms with van der Waals surface area (Å²) >= 11 is 0. The Labute approximate surface area is 119 Å². The van der Waals surface area contributed by atoms with E-state index in [1.54, 1.807) is 0 Å². The molecule has 1 atom stereocenters. The van der Waals surface area contributed by atoms with Gasteiger partial charge in [0.25, 0.3) is 0 Å². The van der Waals surface area contributed by atoms with Crippen LogP contribution in [-0.4, -0.2) is 28.9 Å². The van der Waals surface area contributed by atoms with Crippen LogP contribution in [0.4, 0.5) is 0 Å². The average molecular weight is 268 g/mol. The van der Waals surface area contributed by atoms with Gasteiger partial charge in [-0.05, 0) is 24.6 Å². The second-order valence-corrected chi connectivity index (χ2v) is 4.98. The van der Waals surface area contributed by atoms with Crippen molar-refractivity contribution in [3.8, 4) is 0 Å². The molecule has 0 bridgehead atoms. The van der Waals surface area contributed by atoms with E-state index in [0.29, 0.717) is 12.6 Å². The maximum Gasteiger partial charge on any atom is 0.194 e. The quantitative estimate of drug-likeness (QED) is 0.895. The third-order valence-corrected chi connectivity index (χ3v) is 3.65. The second kappa shape index (κ2) is 5.82. The minimum atomic E-state index is 0.332. The zero-order valence-electron chi connectivity index (χ0n) is 11.7. The predicted octanol–water partition coefficient (Wildman–Crippen LogP) is 2.54. The monoisotopic (exact) mass is 268 g/mol. The molecule has 1 saturated heterocycles. The molecule has 4 nitrogen and oxygen atoms in total. The molecule has 0 aliphatic carbocycles. The van der Waals surface area contributed by atoms with Crippen molar-refractivity contribution in [2.45, 2.75) is 19.5 Å². The fourth-order valence-corrected chi connectivity index (χ4v) is 2.52. The second-order valence-electron chi connectivity index (χ2n) is 4.98. The highest BCUT2D eigenvalue weighted by Gasteiger charge is 2.26. The van der Waals surface area contributed by atoms with E-state index in [-0.39, 0.29) is 0 Å². The molecule has 1 aliphatic heterocycles. The molecule has 104 valence electrons. The Morgan fingerprint density at radius 3 is 2.75 bits per heavy atom. The Hall–Kier alpha value is -2.23. The molecule has 20 heavy (non-hydrogen) atoms. The van der Waals surface area contributed by atoms with Crippen molar-refractivity contribution >= 4 is 5.96 Å². The van der Waals surface area contributed by atoms with E-state index >= 15 is 0 Å². The molecule has 2 heterocycles. The van der Waals surface area contributed by atoms with Crippen molar-refractivity contribution < 1.29 is 0 Å². The van der Waals surface area contributed by atoms with Gasteiger partial charge in [0.2, 0.25) is 0 Å². The van der Waals surface area contributed by atoms with Gasteiger partial charge in [-0.3, -0.25) is 0 Å². The molecule has 4 heteroatoms. The van der Waals surface area contributed by atoms with Gasteiger partial charge in [0.1, 0.15) is 0 Å². The van der Waals surface area contributed by atoms with Crippen molar-refractivity contribution in [3.63, 3.8) is 0 Å². The number of aliphatic imine (C=N–C) groups is 1. The number of nitrogens with zero attached hydrogens (tertiary/aromatic N) is 2. The van der Waals surface area contributed by atoms with Crippen LogP contribution in [-0.2, 0) is 6.54 Å².